The van der Waals surface area contributed by atoms with Crippen LogP contribution in [0.3, 0.4) is 0 Å². The van der Waals surface area contributed by atoms with Crippen LogP contribution in [0.1, 0.15) is 12.0 Å². The fourth-order valence-electron chi connectivity index (χ4n) is 6.56. The van der Waals surface area contributed by atoms with E-state index in [4.69, 9.17) is 4.98 Å². The van der Waals surface area contributed by atoms with E-state index in [1.165, 1.54) is 39.0 Å². The second kappa shape index (κ2) is 11.7. The Labute approximate surface area is 271 Å². The van der Waals surface area contributed by atoms with Crippen LogP contribution in [-0.2, 0) is 0 Å². The monoisotopic (exact) mass is 643 g/mol. The Morgan fingerprint density at radius 1 is 0.689 bits per heavy atom. The highest BCUT2D eigenvalue weighted by atomic mass is 79.9. The predicted octanol–water partition coefficient (Wildman–Crippen LogP) is 11.2. The lowest BCUT2D eigenvalue weighted by Crippen LogP contribution is -2.30. The highest BCUT2D eigenvalue weighted by Gasteiger charge is 2.23. The Morgan fingerprint density at radius 3 is 2.29 bits per heavy atom. The van der Waals surface area contributed by atoms with Crippen LogP contribution in [0.15, 0.2) is 168 Å². The Balaban J connectivity index is 1.17. The molecule has 0 saturated heterocycles. The summed E-state index contributed by atoms with van der Waals surface area (Å²) in [4.78, 5) is 7.26. The molecule has 0 aliphatic heterocycles. The van der Waals surface area contributed by atoms with Gasteiger partial charge in [0.25, 0.3) is 0 Å². The van der Waals surface area contributed by atoms with Crippen molar-refractivity contribution in [2.45, 2.75) is 12.5 Å². The molecule has 45 heavy (non-hydrogen) atoms. The second-order valence-corrected chi connectivity index (χ2v) is 12.2. The van der Waals surface area contributed by atoms with Crippen molar-refractivity contribution in [3.63, 3.8) is 0 Å². The van der Waals surface area contributed by atoms with Crippen LogP contribution in [0, 0.1) is 0 Å². The first-order chi connectivity index (χ1) is 22.2. The normalized spacial score (nSPS) is 14.5. The van der Waals surface area contributed by atoms with E-state index in [9.17, 15) is 0 Å². The van der Waals surface area contributed by atoms with Gasteiger partial charge in [-0.2, -0.15) is 0 Å². The summed E-state index contributed by atoms with van der Waals surface area (Å²) < 4.78 is 3.33. The summed E-state index contributed by atoms with van der Waals surface area (Å²) in [7, 11) is 0. The third-order valence-electron chi connectivity index (χ3n) is 8.62. The molecular weight excluding hydrogens is 614 g/mol. The zero-order valence-corrected chi connectivity index (χ0v) is 26.2. The average molecular weight is 645 g/mol. The number of para-hydroxylation sites is 3. The molecule has 0 bridgehead atoms. The molecule has 8 rings (SSSR count). The fraction of sp³-hybridized carbons (Fsp3) is 0.0488. The quantitative estimate of drug-likeness (QED) is 0.180. The summed E-state index contributed by atoms with van der Waals surface area (Å²) >= 11 is 3.68. The zero-order chi connectivity index (χ0) is 30.2. The minimum absolute atomic E-state index is 0.164. The SMILES string of the molecule is Brc1cccc(-c2ccccc2N(c2ccccc2)C2C=CC(c3ccc4c(c3)c3cccnc3n4-c3ccccc3)=CC2)c1. The molecule has 1 aliphatic carbocycles. The Hall–Kier alpha value is -5.19. The van der Waals surface area contributed by atoms with E-state index in [0.717, 1.165) is 33.1 Å². The number of hydrogen-bond acceptors (Lipinski definition) is 2. The summed E-state index contributed by atoms with van der Waals surface area (Å²) in [5.74, 6) is 0. The molecule has 216 valence electrons. The Kier molecular flexibility index (Phi) is 7.13. The number of hydrogen-bond donors (Lipinski definition) is 0. The van der Waals surface area contributed by atoms with E-state index in [1.54, 1.807) is 0 Å². The van der Waals surface area contributed by atoms with Crippen molar-refractivity contribution in [2.24, 2.45) is 0 Å². The van der Waals surface area contributed by atoms with E-state index in [1.807, 2.05) is 12.3 Å². The van der Waals surface area contributed by atoms with E-state index >= 15 is 0 Å². The van der Waals surface area contributed by atoms with Gasteiger partial charge in [0.05, 0.1) is 11.6 Å². The highest BCUT2D eigenvalue weighted by Crippen LogP contribution is 2.40. The number of halogens is 1. The molecule has 0 N–H and O–H groups in total. The maximum atomic E-state index is 4.78. The highest BCUT2D eigenvalue weighted by molar-refractivity contribution is 9.10. The van der Waals surface area contributed by atoms with Gasteiger partial charge in [-0.05, 0) is 89.9 Å². The fourth-order valence-corrected chi connectivity index (χ4v) is 6.96. The number of aromatic nitrogens is 2. The Morgan fingerprint density at radius 2 is 1.49 bits per heavy atom. The zero-order valence-electron chi connectivity index (χ0n) is 24.6. The minimum Gasteiger partial charge on any atom is -0.334 e. The predicted molar refractivity (Wildman–Crippen MR) is 192 cm³/mol. The van der Waals surface area contributed by atoms with Crippen molar-refractivity contribution in [1.29, 1.82) is 0 Å². The molecule has 0 amide bonds. The minimum atomic E-state index is 0.164. The first-order valence-corrected chi connectivity index (χ1v) is 16.1. The van der Waals surface area contributed by atoms with Gasteiger partial charge in [-0.1, -0.05) is 107 Å². The number of fused-ring (bicyclic) bond motifs is 3. The molecule has 0 spiro atoms. The number of anilines is 2. The summed E-state index contributed by atoms with van der Waals surface area (Å²) in [5, 5.41) is 2.38. The molecule has 1 aliphatic rings. The standard InChI is InChI=1S/C41H30BrN3/c42-32-12-9-11-31(27-32)36-17-7-8-19-39(36)44(33-13-3-1-4-14-33)35-23-20-29(21-24-35)30-22-25-40-38(28-30)37-18-10-26-43-41(37)45(40)34-15-5-2-6-16-34/h1-23,25-28,35H,24H2. The van der Waals surface area contributed by atoms with E-state index in [-0.39, 0.29) is 6.04 Å². The molecule has 0 fully saturated rings. The van der Waals surface area contributed by atoms with Crippen molar-refractivity contribution in [2.75, 3.05) is 4.90 Å². The first-order valence-electron chi connectivity index (χ1n) is 15.3. The number of allylic oxidation sites excluding steroid dienone is 2. The number of nitrogens with zero attached hydrogens (tertiary/aromatic N) is 3. The summed E-state index contributed by atoms with van der Waals surface area (Å²) in [5.41, 5.74) is 10.5. The van der Waals surface area contributed by atoms with E-state index in [2.05, 4.69) is 177 Å². The van der Waals surface area contributed by atoms with Crippen LogP contribution in [-0.4, -0.2) is 15.6 Å². The van der Waals surface area contributed by atoms with Gasteiger partial charge in [-0.3, -0.25) is 4.57 Å². The molecule has 1 atom stereocenters. The van der Waals surface area contributed by atoms with Gasteiger partial charge < -0.3 is 4.90 Å². The van der Waals surface area contributed by atoms with E-state index < -0.39 is 0 Å². The van der Waals surface area contributed by atoms with Crippen molar-refractivity contribution in [3.8, 4) is 16.8 Å². The van der Waals surface area contributed by atoms with Crippen molar-refractivity contribution in [3.05, 3.63) is 174 Å². The average Bonchev–Trinajstić information content (AvgIpc) is 3.43. The van der Waals surface area contributed by atoms with Crippen LogP contribution in [0.4, 0.5) is 11.4 Å². The molecule has 0 saturated carbocycles. The molecule has 2 aromatic heterocycles. The second-order valence-electron chi connectivity index (χ2n) is 11.3. The van der Waals surface area contributed by atoms with E-state index in [0.29, 0.717) is 0 Å². The third-order valence-corrected chi connectivity index (χ3v) is 9.11. The lowest BCUT2D eigenvalue weighted by atomic mass is 9.94. The van der Waals surface area contributed by atoms with Gasteiger partial charge in [0.2, 0.25) is 0 Å². The summed E-state index contributed by atoms with van der Waals surface area (Å²) in [6.45, 7) is 0. The van der Waals surface area contributed by atoms with Gasteiger partial charge in [0.1, 0.15) is 5.65 Å². The van der Waals surface area contributed by atoms with Gasteiger partial charge in [-0.25, -0.2) is 4.98 Å². The van der Waals surface area contributed by atoms with Crippen molar-refractivity contribution >= 4 is 54.8 Å². The summed E-state index contributed by atoms with van der Waals surface area (Å²) in [6, 6.07) is 49.7. The molecule has 4 heteroatoms. The molecule has 0 radical (unpaired) electrons. The van der Waals surface area contributed by atoms with Gasteiger partial charge in [-0.15, -0.1) is 0 Å². The summed E-state index contributed by atoms with van der Waals surface area (Å²) in [6.07, 6.45) is 9.80. The third kappa shape index (κ3) is 5.07. The van der Waals surface area contributed by atoms with Crippen LogP contribution < -0.4 is 4.90 Å². The lowest BCUT2D eigenvalue weighted by molar-refractivity contribution is 0.788. The molecule has 7 aromatic rings. The maximum Gasteiger partial charge on any atom is 0.145 e. The smallest absolute Gasteiger partial charge is 0.145 e. The van der Waals surface area contributed by atoms with Crippen LogP contribution in [0.2, 0.25) is 0 Å². The van der Waals surface area contributed by atoms with Crippen LogP contribution in [0.25, 0.3) is 44.3 Å². The first kappa shape index (κ1) is 27.4. The van der Waals surface area contributed by atoms with Gasteiger partial charge in [0.15, 0.2) is 0 Å². The number of benzene rings is 5. The molecule has 2 heterocycles. The molecule has 1 unspecified atom stereocenters. The lowest BCUT2D eigenvalue weighted by Gasteiger charge is -2.34. The largest absolute Gasteiger partial charge is 0.334 e. The van der Waals surface area contributed by atoms with Gasteiger partial charge in [0, 0.05) is 44.1 Å². The van der Waals surface area contributed by atoms with Crippen LogP contribution in [0.5, 0.6) is 0 Å². The Bertz CT molecular complexity index is 2210. The van der Waals surface area contributed by atoms with Crippen molar-refractivity contribution in [1.82, 2.24) is 9.55 Å². The van der Waals surface area contributed by atoms with Crippen LogP contribution >= 0.6 is 15.9 Å². The topological polar surface area (TPSA) is 21.1 Å². The van der Waals surface area contributed by atoms with Gasteiger partial charge >= 0.3 is 0 Å². The molecule has 3 nitrogen and oxygen atoms in total. The molecule has 5 aromatic carbocycles. The van der Waals surface area contributed by atoms with Crippen molar-refractivity contribution < 1.29 is 0 Å². The maximum absolute atomic E-state index is 4.78. The number of rotatable bonds is 6. The molecular formula is C41H30BrN3. The number of pyridine rings is 1.